The van der Waals surface area contributed by atoms with Gasteiger partial charge in [-0.3, -0.25) is 14.9 Å². The van der Waals surface area contributed by atoms with Crippen molar-refractivity contribution in [2.45, 2.75) is 12.8 Å². The number of nitrogens with zero attached hydrogens (tertiary/aromatic N) is 1. The Morgan fingerprint density at radius 1 is 1.53 bits per heavy atom. The molecule has 1 unspecified atom stereocenters. The Morgan fingerprint density at radius 2 is 2.20 bits per heavy atom. The van der Waals surface area contributed by atoms with Gasteiger partial charge >= 0.3 is 0 Å². The molecule has 1 aliphatic rings. The van der Waals surface area contributed by atoms with Gasteiger partial charge in [-0.1, -0.05) is 0 Å². The van der Waals surface area contributed by atoms with Crippen LogP contribution in [0.5, 0.6) is 0 Å². The number of nitrogens with one attached hydrogen (secondary N) is 1. The fourth-order valence-corrected chi connectivity index (χ4v) is 1.67. The first-order valence-corrected chi connectivity index (χ1v) is 4.30. The highest BCUT2D eigenvalue weighted by Crippen LogP contribution is 2.40. The van der Waals surface area contributed by atoms with Crippen molar-refractivity contribution < 1.29 is 14.1 Å². The molecule has 1 heterocycles. The number of halogens is 1. The number of hydrogen-bond donors (Lipinski definition) is 1. The lowest BCUT2D eigenvalue weighted by atomic mass is 10.0. The number of hydrogen-bond acceptors (Lipinski definition) is 3. The monoisotopic (exact) mass is 210 g/mol. The van der Waals surface area contributed by atoms with E-state index in [1.54, 1.807) is 0 Å². The molecular formula is C9H7FN2O3. The third kappa shape index (κ3) is 1.25. The van der Waals surface area contributed by atoms with Crippen LogP contribution in [0.4, 0.5) is 15.8 Å². The predicted molar refractivity (Wildman–Crippen MR) is 50.1 cm³/mol. The summed E-state index contributed by atoms with van der Waals surface area (Å²) in [5.41, 5.74) is -0.163. The molecule has 5 nitrogen and oxygen atoms in total. The molecule has 1 aliphatic heterocycles. The van der Waals surface area contributed by atoms with Gasteiger partial charge in [0.25, 0.3) is 5.69 Å². The van der Waals surface area contributed by atoms with Crippen LogP contribution in [0, 0.1) is 15.9 Å². The summed E-state index contributed by atoms with van der Waals surface area (Å²) in [5.74, 6) is -1.75. The van der Waals surface area contributed by atoms with Crippen molar-refractivity contribution in [2.24, 2.45) is 0 Å². The minimum atomic E-state index is -0.684. The zero-order valence-electron chi connectivity index (χ0n) is 7.78. The summed E-state index contributed by atoms with van der Waals surface area (Å²) in [4.78, 5) is 21.3. The topological polar surface area (TPSA) is 72.2 Å². The van der Waals surface area contributed by atoms with E-state index < -0.39 is 22.6 Å². The van der Waals surface area contributed by atoms with Gasteiger partial charge in [-0.15, -0.1) is 0 Å². The first-order chi connectivity index (χ1) is 7.02. The van der Waals surface area contributed by atoms with Gasteiger partial charge < -0.3 is 5.32 Å². The third-order valence-corrected chi connectivity index (χ3v) is 2.44. The number of fused-ring (bicyclic) bond motifs is 1. The number of carbonyl (C=O) groups excluding carboxylic acids is 1. The highest BCUT2D eigenvalue weighted by Gasteiger charge is 2.35. The molecule has 0 saturated carbocycles. The smallest absolute Gasteiger partial charge is 0.275 e. The molecule has 0 fully saturated rings. The number of nitro benzene ring substituents is 1. The van der Waals surface area contributed by atoms with Crippen molar-refractivity contribution in [2.75, 3.05) is 5.32 Å². The molecule has 0 radical (unpaired) electrons. The number of rotatable bonds is 1. The van der Waals surface area contributed by atoms with Crippen molar-refractivity contribution in [1.82, 2.24) is 0 Å². The van der Waals surface area contributed by atoms with E-state index >= 15 is 0 Å². The fourth-order valence-electron chi connectivity index (χ4n) is 1.67. The van der Waals surface area contributed by atoms with Gasteiger partial charge in [0, 0.05) is 6.07 Å². The van der Waals surface area contributed by atoms with Crippen LogP contribution < -0.4 is 5.32 Å². The van der Waals surface area contributed by atoms with E-state index in [-0.39, 0.29) is 16.9 Å². The number of anilines is 1. The Hall–Kier alpha value is -1.98. The second-order valence-corrected chi connectivity index (χ2v) is 3.32. The molecule has 1 amide bonds. The molecule has 1 aromatic carbocycles. The number of amides is 1. The van der Waals surface area contributed by atoms with Crippen LogP contribution in [0.3, 0.4) is 0 Å². The van der Waals surface area contributed by atoms with Crippen LogP contribution in [0.15, 0.2) is 12.1 Å². The van der Waals surface area contributed by atoms with Gasteiger partial charge in [-0.2, -0.15) is 0 Å². The summed E-state index contributed by atoms with van der Waals surface area (Å²) in [6.45, 7) is 1.51. The highest BCUT2D eigenvalue weighted by molar-refractivity contribution is 6.04. The first-order valence-electron chi connectivity index (χ1n) is 4.30. The summed E-state index contributed by atoms with van der Waals surface area (Å²) in [6.07, 6.45) is 0. The second kappa shape index (κ2) is 3.01. The molecule has 0 saturated heterocycles. The van der Waals surface area contributed by atoms with E-state index in [2.05, 4.69) is 5.32 Å². The zero-order valence-corrected chi connectivity index (χ0v) is 7.78. The lowest BCUT2D eigenvalue weighted by Crippen LogP contribution is -2.09. The van der Waals surface area contributed by atoms with E-state index in [1.807, 2.05) is 0 Å². The van der Waals surface area contributed by atoms with Gasteiger partial charge in [0.05, 0.1) is 22.1 Å². The van der Waals surface area contributed by atoms with Crippen molar-refractivity contribution in [3.63, 3.8) is 0 Å². The van der Waals surface area contributed by atoms with Gasteiger partial charge in [0.1, 0.15) is 5.82 Å². The van der Waals surface area contributed by atoms with Gasteiger partial charge in [0.15, 0.2) is 0 Å². The molecule has 1 atom stereocenters. The number of nitro groups is 1. The summed E-state index contributed by atoms with van der Waals surface area (Å²) in [5, 5.41) is 13.0. The summed E-state index contributed by atoms with van der Waals surface area (Å²) < 4.78 is 13.2. The maximum atomic E-state index is 13.2. The molecule has 0 aromatic heterocycles. The number of carbonyl (C=O) groups is 1. The average molecular weight is 210 g/mol. The SMILES string of the molecule is CC1C(=O)Nc2c(F)ccc([N+](=O)[O-])c21. The summed E-state index contributed by atoms with van der Waals surface area (Å²) >= 11 is 0. The Balaban J connectivity index is 2.71. The average Bonchev–Trinajstić information content (AvgIpc) is 2.46. The molecule has 6 heteroatoms. The molecule has 15 heavy (non-hydrogen) atoms. The molecule has 2 rings (SSSR count). The summed E-state index contributed by atoms with van der Waals surface area (Å²) in [6, 6.07) is 2.06. The van der Waals surface area contributed by atoms with E-state index in [4.69, 9.17) is 0 Å². The van der Waals surface area contributed by atoms with Crippen LogP contribution >= 0.6 is 0 Å². The minimum absolute atomic E-state index is 0.0679. The largest absolute Gasteiger partial charge is 0.323 e. The first kappa shape index (κ1) is 9.57. The minimum Gasteiger partial charge on any atom is -0.323 e. The molecule has 0 spiro atoms. The van der Waals surface area contributed by atoms with E-state index in [0.717, 1.165) is 12.1 Å². The lowest BCUT2D eigenvalue weighted by molar-refractivity contribution is -0.385. The van der Waals surface area contributed by atoms with Crippen LogP contribution in [-0.4, -0.2) is 10.8 Å². The Bertz CT molecular complexity index is 473. The fraction of sp³-hybridized carbons (Fsp3) is 0.222. The normalized spacial score (nSPS) is 18.5. The van der Waals surface area contributed by atoms with Gasteiger partial charge in [-0.25, -0.2) is 4.39 Å². The molecule has 0 aliphatic carbocycles. The van der Waals surface area contributed by atoms with E-state index in [1.165, 1.54) is 6.92 Å². The van der Waals surface area contributed by atoms with Crippen LogP contribution in [0.25, 0.3) is 0 Å². The molecule has 0 bridgehead atoms. The third-order valence-electron chi connectivity index (χ3n) is 2.44. The summed E-state index contributed by atoms with van der Waals surface area (Å²) in [7, 11) is 0. The second-order valence-electron chi connectivity index (χ2n) is 3.32. The van der Waals surface area contributed by atoms with Crippen molar-refractivity contribution in [1.29, 1.82) is 0 Å². The van der Waals surface area contributed by atoms with Crippen LogP contribution in [-0.2, 0) is 4.79 Å². The van der Waals surface area contributed by atoms with Crippen LogP contribution in [0.1, 0.15) is 18.4 Å². The Kier molecular flexibility index (Phi) is 1.92. The van der Waals surface area contributed by atoms with E-state index in [0.29, 0.717) is 0 Å². The highest BCUT2D eigenvalue weighted by atomic mass is 19.1. The van der Waals surface area contributed by atoms with Crippen molar-refractivity contribution in [3.05, 3.63) is 33.6 Å². The van der Waals surface area contributed by atoms with Gasteiger partial charge in [0.2, 0.25) is 5.91 Å². The Morgan fingerprint density at radius 3 is 2.80 bits per heavy atom. The lowest BCUT2D eigenvalue weighted by Gasteiger charge is -2.02. The maximum absolute atomic E-state index is 13.2. The zero-order chi connectivity index (χ0) is 11.2. The predicted octanol–water partition coefficient (Wildman–Crippen LogP) is 1.79. The molecule has 1 aromatic rings. The molecule has 1 N–H and O–H groups in total. The van der Waals surface area contributed by atoms with Gasteiger partial charge in [-0.05, 0) is 13.0 Å². The van der Waals surface area contributed by atoms with Crippen molar-refractivity contribution in [3.8, 4) is 0 Å². The Labute approximate surface area is 84.1 Å². The van der Waals surface area contributed by atoms with Crippen LogP contribution in [0.2, 0.25) is 0 Å². The quantitative estimate of drug-likeness (QED) is 0.567. The molecular weight excluding hydrogens is 203 g/mol. The standard InChI is InChI=1S/C9H7FN2O3/c1-4-7-6(12(14)15)3-2-5(10)8(7)11-9(4)13/h2-4H,1H3,(H,11,13). The maximum Gasteiger partial charge on any atom is 0.275 e. The number of benzene rings is 1. The van der Waals surface area contributed by atoms with Crippen molar-refractivity contribution >= 4 is 17.3 Å². The van der Waals surface area contributed by atoms with E-state index in [9.17, 15) is 19.3 Å². The molecule has 78 valence electrons.